The summed E-state index contributed by atoms with van der Waals surface area (Å²) in [6, 6.07) is 9.39. The summed E-state index contributed by atoms with van der Waals surface area (Å²) in [7, 11) is 0. The standard InChI is InChI=1S/C47H67ClN2O6S/c1-29(2)32-17-22-47(36-27-38(51)50(49(36)25-26-57(10)55)31-13-11-30(48)12-14-31)24-23-45(8)33(40(32)47)15-16-35-44(7)20-19-37(56-39(52)28-42(3,4)41(53)54)43(5,6)34(44)18-21-46(35,45)9/h11-14,27,29,33-35,37H,15-26,28H2,1-10H3,(H,53,54)/t33-,34+,35-,37+,44+,45-,46-,47-,57?/m1/s1. The van der Waals surface area contributed by atoms with E-state index in [9.17, 15) is 24.0 Å². The van der Waals surface area contributed by atoms with Gasteiger partial charge in [0.1, 0.15) is 11.9 Å². The lowest BCUT2D eigenvalue weighted by Gasteiger charge is -2.72. The summed E-state index contributed by atoms with van der Waals surface area (Å²) in [4.78, 5) is 39.2. The van der Waals surface area contributed by atoms with Gasteiger partial charge in [0.2, 0.25) is 0 Å². The molecule has 4 fully saturated rings. The lowest BCUT2D eigenvalue weighted by Crippen LogP contribution is -2.66. The Kier molecular flexibility index (Phi) is 10.9. The van der Waals surface area contributed by atoms with Crippen LogP contribution in [0.3, 0.4) is 0 Å². The molecule has 0 amide bonds. The third kappa shape index (κ3) is 6.61. The van der Waals surface area contributed by atoms with Crippen molar-refractivity contribution in [3.8, 4) is 5.69 Å². The van der Waals surface area contributed by atoms with E-state index in [1.54, 1.807) is 35.9 Å². The smallest absolute Gasteiger partial charge is 0.309 e. The van der Waals surface area contributed by atoms with Crippen LogP contribution in [0.4, 0.5) is 0 Å². The van der Waals surface area contributed by atoms with E-state index < -0.39 is 28.5 Å². The van der Waals surface area contributed by atoms with Gasteiger partial charge in [-0.2, -0.15) is 0 Å². The van der Waals surface area contributed by atoms with E-state index in [4.69, 9.17) is 16.3 Å². The minimum atomic E-state index is -1.17. The fraction of sp³-hybridized carbons (Fsp3) is 0.723. The zero-order valence-corrected chi connectivity index (χ0v) is 37.7. The topological polar surface area (TPSA) is 114 Å². The van der Waals surface area contributed by atoms with Crippen molar-refractivity contribution in [2.24, 2.45) is 50.7 Å². The number of ether oxygens (including phenoxy) is 1. The Hall–Kier alpha value is -2.49. The summed E-state index contributed by atoms with van der Waals surface area (Å²) in [6.45, 7) is 20.8. The number of carboxylic acids is 1. The van der Waals surface area contributed by atoms with Gasteiger partial charge in [-0.1, -0.05) is 82.4 Å². The first-order valence-corrected chi connectivity index (χ1v) is 23.7. The molecule has 1 heterocycles. The van der Waals surface area contributed by atoms with E-state index >= 15 is 0 Å². The van der Waals surface area contributed by atoms with Crippen LogP contribution in [-0.2, 0) is 37.5 Å². The zero-order valence-electron chi connectivity index (χ0n) is 36.1. The second kappa shape index (κ2) is 14.6. The van der Waals surface area contributed by atoms with Crippen molar-refractivity contribution in [3.05, 3.63) is 62.5 Å². The van der Waals surface area contributed by atoms with Crippen LogP contribution in [-0.4, -0.2) is 49.1 Å². The molecular weight excluding hydrogens is 756 g/mol. The summed E-state index contributed by atoms with van der Waals surface area (Å²) in [5, 5.41) is 10.3. The predicted octanol–water partition coefficient (Wildman–Crippen LogP) is 10.1. The molecule has 1 aromatic carbocycles. The molecule has 1 aromatic heterocycles. The first kappa shape index (κ1) is 42.6. The van der Waals surface area contributed by atoms with Crippen molar-refractivity contribution < 1.29 is 24.0 Å². The number of halogens is 1. The van der Waals surface area contributed by atoms with Crippen LogP contribution in [0.5, 0.6) is 0 Å². The first-order valence-electron chi connectivity index (χ1n) is 21.6. The molecule has 0 saturated heterocycles. The number of carbonyl (C=O) groups excluding carboxylic acids is 1. The molecule has 57 heavy (non-hydrogen) atoms. The fourth-order valence-electron chi connectivity index (χ4n) is 14.0. The third-order valence-corrected chi connectivity index (χ3v) is 18.2. The first-order chi connectivity index (χ1) is 26.5. The minimum absolute atomic E-state index is 0.0503. The van der Waals surface area contributed by atoms with Crippen molar-refractivity contribution in [1.29, 1.82) is 0 Å². The van der Waals surface area contributed by atoms with Crippen LogP contribution in [0.15, 0.2) is 46.3 Å². The van der Waals surface area contributed by atoms with E-state index in [1.165, 1.54) is 0 Å². The number of hydrogen-bond acceptors (Lipinski definition) is 5. The summed E-state index contributed by atoms with van der Waals surface area (Å²) in [5.41, 5.74) is 3.60. The maximum Gasteiger partial charge on any atom is 0.309 e. The second-order valence-electron chi connectivity index (χ2n) is 21.1. The number of nitrogens with zero attached hydrogens (tertiary/aromatic N) is 2. The minimum Gasteiger partial charge on any atom is -0.617 e. The largest absolute Gasteiger partial charge is 0.617 e. The van der Waals surface area contributed by atoms with Crippen LogP contribution in [0.2, 0.25) is 5.02 Å². The average molecular weight is 824 g/mol. The number of aromatic nitrogens is 2. The van der Waals surface area contributed by atoms with Gasteiger partial charge in [0, 0.05) is 21.9 Å². The van der Waals surface area contributed by atoms with Crippen LogP contribution in [0.1, 0.15) is 139 Å². The molecule has 5 aliphatic rings. The van der Waals surface area contributed by atoms with Crippen molar-refractivity contribution in [2.75, 3.05) is 12.0 Å². The number of hydrogen-bond donors (Lipinski definition) is 1. The summed E-state index contributed by atoms with van der Waals surface area (Å²) in [5.74, 6) is 0.784. The maximum absolute atomic E-state index is 14.2. The molecule has 314 valence electrons. The Labute approximate surface area is 348 Å². The number of carboxylic acid groups (broad SMARTS) is 1. The molecule has 1 unspecified atom stereocenters. The molecular formula is C47H67ClN2O6S. The van der Waals surface area contributed by atoms with Crippen molar-refractivity contribution >= 4 is 34.7 Å². The number of fused-ring (bicyclic) bond motifs is 7. The van der Waals surface area contributed by atoms with Gasteiger partial charge in [-0.15, -0.1) is 0 Å². The van der Waals surface area contributed by atoms with E-state index in [0.29, 0.717) is 41.0 Å². The summed E-state index contributed by atoms with van der Waals surface area (Å²) >= 11 is 5.28. The Morgan fingerprint density at radius 3 is 2.28 bits per heavy atom. The lowest BCUT2D eigenvalue weighted by molar-refractivity contribution is -0.232. The van der Waals surface area contributed by atoms with Crippen LogP contribution < -0.4 is 5.56 Å². The highest BCUT2D eigenvalue weighted by Crippen LogP contribution is 2.77. The average Bonchev–Trinajstić information content (AvgIpc) is 3.67. The van der Waals surface area contributed by atoms with Gasteiger partial charge in [0.05, 0.1) is 36.0 Å². The molecule has 10 heteroatoms. The van der Waals surface area contributed by atoms with Gasteiger partial charge in [-0.25, -0.2) is 4.68 Å². The lowest BCUT2D eigenvalue weighted by atomic mass is 9.33. The molecule has 2 aromatic rings. The van der Waals surface area contributed by atoms with Gasteiger partial charge >= 0.3 is 11.9 Å². The van der Waals surface area contributed by atoms with Gasteiger partial charge in [-0.3, -0.25) is 19.1 Å². The third-order valence-electron chi connectivity index (χ3n) is 17.2. The maximum atomic E-state index is 14.2. The number of esters is 1. The van der Waals surface area contributed by atoms with Crippen LogP contribution in [0, 0.1) is 50.7 Å². The molecule has 0 spiro atoms. The normalized spacial score (nSPS) is 35.2. The molecule has 7 rings (SSSR count). The monoisotopic (exact) mass is 822 g/mol. The molecule has 1 N–H and O–H groups in total. The molecule has 8 nitrogen and oxygen atoms in total. The van der Waals surface area contributed by atoms with Gasteiger partial charge < -0.3 is 14.4 Å². The second-order valence-corrected chi connectivity index (χ2v) is 23.0. The molecule has 0 aliphatic heterocycles. The Morgan fingerprint density at radius 2 is 1.65 bits per heavy atom. The van der Waals surface area contributed by atoms with Crippen molar-refractivity contribution in [3.63, 3.8) is 0 Å². The van der Waals surface area contributed by atoms with Gasteiger partial charge in [-0.05, 0) is 142 Å². The molecule has 5 aliphatic carbocycles. The summed E-state index contributed by atoms with van der Waals surface area (Å²) < 4.78 is 22.8. The Morgan fingerprint density at radius 1 is 0.965 bits per heavy atom. The fourth-order valence-corrected chi connectivity index (χ4v) is 14.6. The SMILES string of the molecule is CC(C)C1=C2[C@H]3CC[C@@H]4[C@@]5(C)CC[C@H](OC(=O)CC(C)(C)C(=O)O)C(C)(C)[C@@H]5CC[C@@]4(C)[C@]3(C)CC[C@@]2(c2cc(=O)n(-c3ccc(Cl)cc3)n2CC[S+](C)[O-])CC1. The van der Waals surface area contributed by atoms with E-state index in [1.807, 2.05) is 30.3 Å². The van der Waals surface area contributed by atoms with Gasteiger partial charge in [0.15, 0.2) is 0 Å². The highest BCUT2D eigenvalue weighted by molar-refractivity contribution is 7.90. The Bertz CT molecular complexity index is 2000. The molecule has 4 saturated carbocycles. The van der Waals surface area contributed by atoms with Crippen LogP contribution >= 0.6 is 11.6 Å². The van der Waals surface area contributed by atoms with Crippen LogP contribution in [0.25, 0.3) is 5.69 Å². The quantitative estimate of drug-likeness (QED) is 0.145. The van der Waals surface area contributed by atoms with Crippen molar-refractivity contribution in [2.45, 2.75) is 151 Å². The highest BCUT2D eigenvalue weighted by Gasteiger charge is 2.70. The highest BCUT2D eigenvalue weighted by atomic mass is 35.5. The predicted molar refractivity (Wildman–Crippen MR) is 228 cm³/mol. The van der Waals surface area contributed by atoms with E-state index in [-0.39, 0.29) is 45.2 Å². The number of rotatable bonds is 10. The Balaban J connectivity index is 1.25. The number of aliphatic carboxylic acids is 1. The summed E-state index contributed by atoms with van der Waals surface area (Å²) in [6.07, 6.45) is 11.7. The number of carbonyl (C=O) groups is 2. The molecule has 0 bridgehead atoms. The molecule has 9 atom stereocenters. The van der Waals surface area contributed by atoms with E-state index in [2.05, 4.69) is 53.1 Å². The zero-order chi connectivity index (χ0) is 41.7. The van der Waals surface area contributed by atoms with Crippen molar-refractivity contribution in [1.82, 2.24) is 9.36 Å². The number of allylic oxidation sites excluding steroid dienone is 2. The molecule has 0 radical (unpaired) electrons. The van der Waals surface area contributed by atoms with Gasteiger partial charge in [0.25, 0.3) is 5.56 Å². The number of benzene rings is 1. The van der Waals surface area contributed by atoms with E-state index in [0.717, 1.165) is 75.6 Å².